The van der Waals surface area contributed by atoms with E-state index in [1.165, 1.54) is 25.5 Å². The highest BCUT2D eigenvalue weighted by Gasteiger charge is 2.28. The van der Waals surface area contributed by atoms with E-state index in [1.54, 1.807) is 4.31 Å². The maximum Gasteiger partial charge on any atom is 0.211 e. The van der Waals surface area contributed by atoms with Crippen LogP contribution in [0.1, 0.15) is 46.0 Å². The normalized spacial score (nSPS) is 37.0. The molecule has 2 rings (SSSR count). The number of nitrogens with zero attached hydrogens (tertiary/aromatic N) is 1. The molecule has 0 radical (unpaired) electrons. The molecule has 5 heteroatoms. The molecule has 1 aliphatic carbocycles. The summed E-state index contributed by atoms with van der Waals surface area (Å²) < 4.78 is 24.9. The predicted octanol–water partition coefficient (Wildman–Crippen LogP) is 2.07. The van der Waals surface area contributed by atoms with Crippen LogP contribution in [0.3, 0.4) is 0 Å². The maximum atomic E-state index is 11.6. The van der Waals surface area contributed by atoms with Gasteiger partial charge in [-0.25, -0.2) is 12.7 Å². The first-order valence-corrected chi connectivity index (χ1v) is 9.88. The van der Waals surface area contributed by atoms with Crippen molar-refractivity contribution in [1.82, 2.24) is 9.62 Å². The van der Waals surface area contributed by atoms with Gasteiger partial charge in [0.1, 0.15) is 0 Å². The van der Waals surface area contributed by atoms with E-state index >= 15 is 0 Å². The van der Waals surface area contributed by atoms with E-state index in [1.807, 2.05) is 0 Å². The Morgan fingerprint density at radius 2 is 1.80 bits per heavy atom. The second-order valence-electron chi connectivity index (χ2n) is 7.15. The third kappa shape index (κ3) is 4.71. The van der Waals surface area contributed by atoms with E-state index in [0.717, 1.165) is 31.2 Å². The number of nitrogens with one attached hydrogen (secondary N) is 1. The molecule has 2 fully saturated rings. The predicted molar refractivity (Wildman–Crippen MR) is 83.1 cm³/mol. The molecule has 118 valence electrons. The molecule has 0 aromatic rings. The van der Waals surface area contributed by atoms with Crippen LogP contribution < -0.4 is 5.32 Å². The Bertz CT molecular complexity index is 400. The quantitative estimate of drug-likeness (QED) is 0.865. The highest BCUT2D eigenvalue weighted by atomic mass is 32.2. The first-order chi connectivity index (χ1) is 9.34. The van der Waals surface area contributed by atoms with E-state index in [-0.39, 0.29) is 0 Å². The van der Waals surface area contributed by atoms with E-state index in [2.05, 4.69) is 19.2 Å². The van der Waals surface area contributed by atoms with Crippen LogP contribution in [-0.2, 0) is 10.0 Å². The van der Waals surface area contributed by atoms with Crippen molar-refractivity contribution in [2.75, 3.05) is 25.9 Å². The summed E-state index contributed by atoms with van der Waals surface area (Å²) in [6, 6.07) is 0.627. The summed E-state index contributed by atoms with van der Waals surface area (Å²) in [5, 5.41) is 3.70. The van der Waals surface area contributed by atoms with Crippen molar-refractivity contribution in [3.63, 3.8) is 0 Å². The summed E-state index contributed by atoms with van der Waals surface area (Å²) in [7, 11) is -3.01. The summed E-state index contributed by atoms with van der Waals surface area (Å²) in [6.45, 7) is 7.05. The van der Waals surface area contributed by atoms with Gasteiger partial charge in [0.05, 0.1) is 6.26 Å². The van der Waals surface area contributed by atoms with Crippen LogP contribution >= 0.6 is 0 Å². The van der Waals surface area contributed by atoms with Crippen LogP contribution in [0.5, 0.6) is 0 Å². The first-order valence-electron chi connectivity index (χ1n) is 8.03. The Morgan fingerprint density at radius 3 is 2.40 bits per heavy atom. The lowest BCUT2D eigenvalue weighted by Crippen LogP contribution is -2.45. The third-order valence-electron chi connectivity index (χ3n) is 4.82. The zero-order chi connectivity index (χ0) is 14.8. The minimum Gasteiger partial charge on any atom is -0.314 e. The summed E-state index contributed by atoms with van der Waals surface area (Å²) in [6.07, 6.45) is 7.37. The molecular formula is C15H30N2O2S. The Balaban J connectivity index is 1.79. The van der Waals surface area contributed by atoms with Crippen molar-refractivity contribution in [1.29, 1.82) is 0 Å². The van der Waals surface area contributed by atoms with Gasteiger partial charge in [-0.15, -0.1) is 0 Å². The molecule has 0 amide bonds. The van der Waals surface area contributed by atoms with Gasteiger partial charge in [0.15, 0.2) is 0 Å². The summed E-state index contributed by atoms with van der Waals surface area (Å²) in [5.74, 6) is 2.11. The molecule has 20 heavy (non-hydrogen) atoms. The highest BCUT2D eigenvalue weighted by molar-refractivity contribution is 7.88. The SMILES string of the molecule is CC1CC(C)CC(NCC2CCCN(S(C)(=O)=O)C2)C1. The molecule has 0 aromatic carbocycles. The van der Waals surface area contributed by atoms with Gasteiger partial charge in [0.2, 0.25) is 10.0 Å². The van der Waals surface area contributed by atoms with E-state index < -0.39 is 10.0 Å². The molecular weight excluding hydrogens is 272 g/mol. The van der Waals surface area contributed by atoms with Crippen molar-refractivity contribution in [3.05, 3.63) is 0 Å². The number of sulfonamides is 1. The van der Waals surface area contributed by atoms with Crippen molar-refractivity contribution in [3.8, 4) is 0 Å². The van der Waals surface area contributed by atoms with Crippen molar-refractivity contribution >= 4 is 10.0 Å². The molecule has 3 unspecified atom stereocenters. The smallest absolute Gasteiger partial charge is 0.211 e. The Kier molecular flexibility index (Phi) is 5.49. The fourth-order valence-electron chi connectivity index (χ4n) is 3.94. The second kappa shape index (κ2) is 6.75. The molecule has 2 aliphatic rings. The molecule has 0 aromatic heterocycles. The Morgan fingerprint density at radius 1 is 1.15 bits per heavy atom. The average Bonchev–Trinajstić information content (AvgIpc) is 2.35. The third-order valence-corrected chi connectivity index (χ3v) is 6.09. The number of hydrogen-bond donors (Lipinski definition) is 1. The minimum atomic E-state index is -3.01. The van der Waals surface area contributed by atoms with E-state index in [0.29, 0.717) is 25.0 Å². The molecule has 0 bridgehead atoms. The molecule has 1 saturated carbocycles. The zero-order valence-electron chi connectivity index (χ0n) is 13.1. The van der Waals surface area contributed by atoms with Gasteiger partial charge in [-0.1, -0.05) is 13.8 Å². The molecule has 0 spiro atoms. The van der Waals surface area contributed by atoms with Crippen LogP contribution in [0.25, 0.3) is 0 Å². The summed E-state index contributed by atoms with van der Waals surface area (Å²) in [4.78, 5) is 0. The second-order valence-corrected chi connectivity index (χ2v) is 9.13. The number of piperidine rings is 1. The molecule has 1 N–H and O–H groups in total. The van der Waals surface area contributed by atoms with E-state index in [9.17, 15) is 8.42 Å². The zero-order valence-corrected chi connectivity index (χ0v) is 14.0. The van der Waals surface area contributed by atoms with E-state index in [4.69, 9.17) is 0 Å². The lowest BCUT2D eigenvalue weighted by atomic mass is 9.80. The summed E-state index contributed by atoms with van der Waals surface area (Å²) >= 11 is 0. The van der Waals surface area contributed by atoms with Crippen LogP contribution in [-0.4, -0.2) is 44.7 Å². The van der Waals surface area contributed by atoms with Gasteiger partial charge >= 0.3 is 0 Å². The fraction of sp³-hybridized carbons (Fsp3) is 1.00. The Hall–Kier alpha value is -0.130. The topological polar surface area (TPSA) is 49.4 Å². The maximum absolute atomic E-state index is 11.6. The molecule has 1 heterocycles. The van der Waals surface area contributed by atoms with Crippen LogP contribution in [0.2, 0.25) is 0 Å². The largest absolute Gasteiger partial charge is 0.314 e. The lowest BCUT2D eigenvalue weighted by Gasteiger charge is -2.35. The van der Waals surface area contributed by atoms with Crippen LogP contribution in [0, 0.1) is 17.8 Å². The van der Waals surface area contributed by atoms with Gasteiger partial charge in [-0.2, -0.15) is 0 Å². The van der Waals surface area contributed by atoms with Gasteiger partial charge in [-0.05, 0) is 56.4 Å². The number of rotatable bonds is 4. The molecule has 3 atom stereocenters. The standard InChI is InChI=1S/C15H30N2O2S/c1-12-7-13(2)9-15(8-12)16-10-14-5-4-6-17(11-14)20(3,18)19/h12-16H,4-11H2,1-3H3. The van der Waals surface area contributed by atoms with Crippen molar-refractivity contribution in [2.24, 2.45) is 17.8 Å². The fourth-order valence-corrected chi connectivity index (χ4v) is 4.88. The van der Waals surface area contributed by atoms with Crippen LogP contribution in [0.15, 0.2) is 0 Å². The number of hydrogen-bond acceptors (Lipinski definition) is 3. The average molecular weight is 302 g/mol. The molecule has 1 aliphatic heterocycles. The Labute approximate surface area is 124 Å². The molecule has 4 nitrogen and oxygen atoms in total. The first kappa shape index (κ1) is 16.2. The van der Waals surface area contributed by atoms with Gasteiger partial charge < -0.3 is 5.32 Å². The summed E-state index contributed by atoms with van der Waals surface area (Å²) in [5.41, 5.74) is 0. The van der Waals surface area contributed by atoms with Crippen molar-refractivity contribution in [2.45, 2.75) is 52.0 Å². The highest BCUT2D eigenvalue weighted by Crippen LogP contribution is 2.29. The molecule has 1 saturated heterocycles. The van der Waals surface area contributed by atoms with Crippen molar-refractivity contribution < 1.29 is 8.42 Å². The monoisotopic (exact) mass is 302 g/mol. The van der Waals surface area contributed by atoms with Gasteiger partial charge in [0.25, 0.3) is 0 Å². The minimum absolute atomic E-state index is 0.478. The van der Waals surface area contributed by atoms with Gasteiger partial charge in [0, 0.05) is 19.1 Å². The van der Waals surface area contributed by atoms with Crippen LogP contribution in [0.4, 0.5) is 0 Å². The van der Waals surface area contributed by atoms with Gasteiger partial charge in [-0.3, -0.25) is 0 Å². The lowest BCUT2D eigenvalue weighted by molar-refractivity contribution is 0.211.